The van der Waals surface area contributed by atoms with Crippen LogP contribution in [0, 0.1) is 0 Å². The van der Waals surface area contributed by atoms with Crippen LogP contribution in [0.5, 0.6) is 0 Å². The van der Waals surface area contributed by atoms with E-state index in [2.05, 4.69) is 16.9 Å². The lowest BCUT2D eigenvalue weighted by Gasteiger charge is -2.16. The first kappa shape index (κ1) is 13.5. The molecule has 1 aromatic carbocycles. The van der Waals surface area contributed by atoms with Gasteiger partial charge in [0, 0.05) is 12.4 Å². The topological polar surface area (TPSA) is 64.0 Å². The van der Waals surface area contributed by atoms with Crippen molar-refractivity contribution in [3.63, 3.8) is 0 Å². The molecular weight excluding hydrogens is 262 g/mol. The second-order valence-corrected chi connectivity index (χ2v) is 5.97. The maximum atomic E-state index is 12.5. The van der Waals surface area contributed by atoms with Gasteiger partial charge in [-0.1, -0.05) is 18.2 Å². The maximum absolute atomic E-state index is 12.5. The number of likely N-dealkylation sites (N-methyl/N-ethyl adjacent to an activating group) is 1. The Labute approximate surface area is 112 Å². The summed E-state index contributed by atoms with van der Waals surface area (Å²) in [6, 6.07) is 6.81. The quantitative estimate of drug-likeness (QED) is 0.839. The van der Waals surface area contributed by atoms with Crippen LogP contribution in [0.1, 0.15) is 0 Å². The predicted molar refractivity (Wildman–Crippen MR) is 73.8 cm³/mol. The molecule has 0 spiro atoms. The summed E-state index contributed by atoms with van der Waals surface area (Å²) in [4.78, 5) is 4.18. The molecule has 2 aromatic rings. The van der Waals surface area contributed by atoms with Gasteiger partial charge in [0.25, 0.3) is 0 Å². The van der Waals surface area contributed by atoms with E-state index in [0.717, 1.165) is 0 Å². The number of benzene rings is 1. The van der Waals surface area contributed by atoms with Crippen molar-refractivity contribution in [1.82, 2.24) is 14.9 Å². The Morgan fingerprint density at radius 2 is 2.16 bits per heavy atom. The molecule has 1 N–H and O–H groups in total. The van der Waals surface area contributed by atoms with Crippen LogP contribution in [0.3, 0.4) is 0 Å². The number of nitrogens with one attached hydrogen (secondary N) is 1. The summed E-state index contributed by atoms with van der Waals surface area (Å²) in [5, 5.41) is 1.91. The molecule has 1 aromatic heterocycles. The summed E-state index contributed by atoms with van der Waals surface area (Å²) in [7, 11) is -1.95. The third-order valence-electron chi connectivity index (χ3n) is 2.79. The van der Waals surface area contributed by atoms with E-state index >= 15 is 0 Å². The van der Waals surface area contributed by atoms with Crippen LogP contribution >= 0.6 is 0 Å². The van der Waals surface area contributed by atoms with E-state index in [1.54, 1.807) is 54.6 Å². The lowest BCUT2D eigenvalue weighted by Crippen LogP contribution is -2.32. The molecule has 0 bridgehead atoms. The van der Waals surface area contributed by atoms with Gasteiger partial charge in [0.1, 0.15) is 5.37 Å². The minimum Gasteiger partial charge on any atom is -0.305 e. The largest absolute Gasteiger partial charge is 0.305 e. The smallest absolute Gasteiger partial charge is 0.199 e. The Bertz CT molecular complexity index is 663. The summed E-state index contributed by atoms with van der Waals surface area (Å²) in [6.07, 6.45) is 6.25. The van der Waals surface area contributed by atoms with Crippen LogP contribution in [0.2, 0.25) is 0 Å². The first-order valence-corrected chi connectivity index (χ1v) is 7.27. The van der Waals surface area contributed by atoms with Gasteiger partial charge in [-0.05, 0) is 19.2 Å². The maximum Gasteiger partial charge on any atom is 0.199 e. The minimum absolute atomic E-state index is 0.243. The predicted octanol–water partition coefficient (Wildman–Crippen LogP) is 1.38. The molecule has 0 saturated carbocycles. The zero-order chi connectivity index (χ0) is 13.9. The van der Waals surface area contributed by atoms with Gasteiger partial charge in [0.2, 0.25) is 0 Å². The first-order chi connectivity index (χ1) is 9.11. The van der Waals surface area contributed by atoms with Gasteiger partial charge < -0.3 is 9.88 Å². The molecular formula is C13H15N3O2S. The fourth-order valence-electron chi connectivity index (χ4n) is 1.85. The molecule has 1 atom stereocenters. The number of imidazole rings is 1. The Hall–Kier alpha value is -1.92. The number of sulfone groups is 1. The summed E-state index contributed by atoms with van der Waals surface area (Å²) in [6.45, 7) is 3.56. The number of aromatic nitrogens is 2. The van der Waals surface area contributed by atoms with Crippen LogP contribution in [0.15, 0.2) is 60.5 Å². The summed E-state index contributed by atoms with van der Waals surface area (Å²) < 4.78 is 26.8. The van der Waals surface area contributed by atoms with Gasteiger partial charge in [-0.3, -0.25) is 0 Å². The molecule has 0 aliphatic rings. The second kappa shape index (κ2) is 5.38. The molecule has 5 nitrogen and oxygen atoms in total. The van der Waals surface area contributed by atoms with E-state index in [9.17, 15) is 8.42 Å². The fraction of sp³-hybridized carbons (Fsp3) is 0.154. The third kappa shape index (κ3) is 2.45. The third-order valence-corrected chi connectivity index (χ3v) is 4.84. The molecule has 1 heterocycles. The van der Waals surface area contributed by atoms with Crippen LogP contribution in [0.25, 0.3) is 5.69 Å². The number of nitrogens with zero attached hydrogens (tertiary/aromatic N) is 2. The van der Waals surface area contributed by atoms with Gasteiger partial charge in [0.05, 0.1) is 16.9 Å². The highest BCUT2D eigenvalue weighted by Gasteiger charge is 2.26. The standard InChI is InChI=1S/C13H15N3O2S/c1-3-13(14-2)19(17,18)12-7-5-4-6-11(12)16-9-8-15-10-16/h3-10,13-14H,1H2,2H3. The van der Waals surface area contributed by atoms with Crippen LogP contribution < -0.4 is 5.32 Å². The molecule has 19 heavy (non-hydrogen) atoms. The lowest BCUT2D eigenvalue weighted by molar-refractivity contribution is 0.580. The zero-order valence-corrected chi connectivity index (χ0v) is 11.3. The highest BCUT2D eigenvalue weighted by atomic mass is 32.2. The number of para-hydroxylation sites is 1. The van der Waals surface area contributed by atoms with Crippen molar-refractivity contribution in [2.45, 2.75) is 10.3 Å². The molecule has 6 heteroatoms. The number of hydrogen-bond donors (Lipinski definition) is 1. The minimum atomic E-state index is -3.54. The molecule has 2 rings (SSSR count). The zero-order valence-electron chi connectivity index (χ0n) is 10.5. The van der Waals surface area contributed by atoms with Gasteiger partial charge in [-0.2, -0.15) is 0 Å². The fourth-order valence-corrected chi connectivity index (χ4v) is 3.42. The van der Waals surface area contributed by atoms with Crippen molar-refractivity contribution >= 4 is 9.84 Å². The van der Waals surface area contributed by atoms with Gasteiger partial charge in [-0.25, -0.2) is 13.4 Å². The van der Waals surface area contributed by atoms with E-state index < -0.39 is 15.2 Å². The van der Waals surface area contributed by atoms with Crippen molar-refractivity contribution < 1.29 is 8.42 Å². The van der Waals surface area contributed by atoms with Crippen molar-refractivity contribution in [3.05, 3.63) is 55.6 Å². The second-order valence-electron chi connectivity index (χ2n) is 3.93. The first-order valence-electron chi connectivity index (χ1n) is 5.72. The van der Waals surface area contributed by atoms with Crippen molar-refractivity contribution in [2.24, 2.45) is 0 Å². The molecule has 0 aliphatic carbocycles. The molecule has 0 fully saturated rings. The van der Waals surface area contributed by atoms with E-state index in [-0.39, 0.29) is 4.90 Å². The Morgan fingerprint density at radius 3 is 2.74 bits per heavy atom. The average molecular weight is 277 g/mol. The summed E-state index contributed by atoms with van der Waals surface area (Å²) in [5.41, 5.74) is 0.571. The van der Waals surface area contributed by atoms with E-state index in [1.807, 2.05) is 0 Å². The van der Waals surface area contributed by atoms with Gasteiger partial charge in [0.15, 0.2) is 9.84 Å². The average Bonchev–Trinajstić information content (AvgIpc) is 2.93. The van der Waals surface area contributed by atoms with Crippen molar-refractivity contribution in [2.75, 3.05) is 7.05 Å². The Kier molecular flexibility index (Phi) is 3.82. The molecule has 0 amide bonds. The lowest BCUT2D eigenvalue weighted by atomic mass is 10.3. The number of hydrogen-bond acceptors (Lipinski definition) is 4. The van der Waals surface area contributed by atoms with Crippen molar-refractivity contribution in [1.29, 1.82) is 0 Å². The number of rotatable bonds is 5. The highest BCUT2D eigenvalue weighted by molar-refractivity contribution is 7.92. The molecule has 0 radical (unpaired) electrons. The Balaban J connectivity index is 2.61. The Morgan fingerprint density at radius 1 is 1.42 bits per heavy atom. The van der Waals surface area contributed by atoms with Crippen molar-refractivity contribution in [3.8, 4) is 5.69 Å². The molecule has 100 valence electrons. The molecule has 0 aliphatic heterocycles. The summed E-state index contributed by atoms with van der Waals surface area (Å²) in [5.74, 6) is 0. The highest BCUT2D eigenvalue weighted by Crippen LogP contribution is 2.23. The van der Waals surface area contributed by atoms with Crippen LogP contribution in [-0.2, 0) is 9.84 Å². The van der Waals surface area contributed by atoms with E-state index in [1.165, 1.54) is 6.08 Å². The van der Waals surface area contributed by atoms with Gasteiger partial charge >= 0.3 is 0 Å². The van der Waals surface area contributed by atoms with Gasteiger partial charge in [-0.15, -0.1) is 6.58 Å². The SMILES string of the molecule is C=CC(NC)S(=O)(=O)c1ccccc1-n1ccnc1. The normalized spacial score (nSPS) is 13.1. The molecule has 1 unspecified atom stereocenters. The monoisotopic (exact) mass is 277 g/mol. The van der Waals surface area contributed by atoms with Crippen LogP contribution in [0.4, 0.5) is 0 Å². The summed E-state index contributed by atoms with van der Waals surface area (Å²) >= 11 is 0. The molecule has 0 saturated heterocycles. The van der Waals surface area contributed by atoms with Crippen LogP contribution in [-0.4, -0.2) is 30.4 Å². The van der Waals surface area contributed by atoms with E-state index in [0.29, 0.717) is 5.69 Å². The van der Waals surface area contributed by atoms with E-state index in [4.69, 9.17) is 0 Å².